The van der Waals surface area contributed by atoms with Crippen LogP contribution in [0, 0.1) is 0 Å². The summed E-state index contributed by atoms with van der Waals surface area (Å²) in [5.74, 6) is 0.0792. The van der Waals surface area contributed by atoms with Crippen molar-refractivity contribution in [2.75, 3.05) is 30.8 Å². The Morgan fingerprint density at radius 1 is 0.725 bits per heavy atom. The van der Waals surface area contributed by atoms with Crippen molar-refractivity contribution in [3.63, 3.8) is 0 Å². The first-order valence-corrected chi connectivity index (χ1v) is 17.5. The highest BCUT2D eigenvalue weighted by Crippen LogP contribution is 2.31. The van der Waals surface area contributed by atoms with Crippen molar-refractivity contribution in [1.82, 2.24) is 15.1 Å². The molecule has 0 radical (unpaired) electrons. The number of likely N-dealkylation sites (N-methyl/N-ethyl adjacent to an activating group) is 1. The van der Waals surface area contributed by atoms with Crippen LogP contribution in [0.15, 0.2) is 114 Å². The maximum atomic E-state index is 13.5. The van der Waals surface area contributed by atoms with Gasteiger partial charge >= 0.3 is 0 Å². The zero-order valence-corrected chi connectivity index (χ0v) is 28.5. The number of anilines is 2. The molecule has 5 aromatic rings. The van der Waals surface area contributed by atoms with Gasteiger partial charge in [0.15, 0.2) is 0 Å². The number of nitrogens with zero attached hydrogens (tertiary/aromatic N) is 2. The molecule has 3 heterocycles. The first-order chi connectivity index (χ1) is 24.9. The highest BCUT2D eigenvalue weighted by molar-refractivity contribution is 6.00. The fraction of sp³-hybridized carbons (Fsp3) is 0.268. The molecule has 10 nitrogen and oxygen atoms in total. The van der Waals surface area contributed by atoms with Gasteiger partial charge in [-0.1, -0.05) is 60.7 Å². The van der Waals surface area contributed by atoms with Gasteiger partial charge < -0.3 is 30.2 Å². The van der Waals surface area contributed by atoms with E-state index in [9.17, 15) is 19.2 Å². The smallest absolute Gasteiger partial charge is 0.247 e. The zero-order chi connectivity index (χ0) is 35.3. The lowest BCUT2D eigenvalue weighted by atomic mass is 10.1. The molecule has 3 N–H and O–H groups in total. The molecule has 2 aliphatic heterocycles. The molecule has 0 unspecified atom stereocenters. The van der Waals surface area contributed by atoms with Crippen LogP contribution in [0.5, 0.6) is 0 Å². The Bertz CT molecular complexity index is 2030. The van der Waals surface area contributed by atoms with E-state index in [1.165, 1.54) is 0 Å². The highest BCUT2D eigenvalue weighted by Gasteiger charge is 2.37. The van der Waals surface area contributed by atoms with Gasteiger partial charge in [0.25, 0.3) is 0 Å². The number of hydrogen-bond donors (Lipinski definition) is 3. The van der Waals surface area contributed by atoms with Gasteiger partial charge in [-0.3, -0.25) is 19.2 Å². The first-order valence-electron chi connectivity index (χ1n) is 17.5. The summed E-state index contributed by atoms with van der Waals surface area (Å²) < 4.78 is 6.13. The Labute approximate surface area is 296 Å². The van der Waals surface area contributed by atoms with Crippen LogP contribution in [0.1, 0.15) is 42.9 Å². The van der Waals surface area contributed by atoms with Crippen LogP contribution in [0.4, 0.5) is 11.4 Å². The SMILES string of the molecule is CN[C@@H](C(=O)N1CCC[C@H]1C(=O)Nc1ccc2oc(-c3ccc(NC(=O)[C@@H]4CCCN4C(=O)Cc4ccccc4)cc3)cc2c1)c1ccccc1. The summed E-state index contributed by atoms with van der Waals surface area (Å²) in [6.07, 6.45) is 3.06. The molecule has 7 rings (SSSR count). The maximum Gasteiger partial charge on any atom is 0.247 e. The molecule has 2 fully saturated rings. The Balaban J connectivity index is 0.977. The Kier molecular flexibility index (Phi) is 9.94. The molecular formula is C41H41N5O5. The number of carbonyl (C=O) groups excluding carboxylic acids is 4. The largest absolute Gasteiger partial charge is 0.456 e. The summed E-state index contributed by atoms with van der Waals surface area (Å²) in [6, 6.07) is 32.3. The van der Waals surface area contributed by atoms with E-state index in [1.54, 1.807) is 22.9 Å². The van der Waals surface area contributed by atoms with Gasteiger partial charge in [-0.05, 0) is 92.4 Å². The quantitative estimate of drug-likeness (QED) is 0.162. The molecule has 0 saturated carbocycles. The summed E-state index contributed by atoms with van der Waals surface area (Å²) >= 11 is 0. The number of carbonyl (C=O) groups is 4. The van der Waals surface area contributed by atoms with Crippen LogP contribution >= 0.6 is 0 Å². The summed E-state index contributed by atoms with van der Waals surface area (Å²) in [6.45, 7) is 1.10. The fourth-order valence-electron chi connectivity index (χ4n) is 7.19. The van der Waals surface area contributed by atoms with Gasteiger partial charge in [-0.15, -0.1) is 0 Å². The van der Waals surface area contributed by atoms with E-state index in [2.05, 4.69) is 16.0 Å². The standard InChI is InChI=1S/C41H41N5O5/c1-42-38(29-12-6-3-7-13-29)41(50)46-23-9-15-34(46)40(49)44-32-20-21-35-30(25-32)26-36(51-35)28-16-18-31(19-17-28)43-39(48)33-14-8-22-45(33)37(47)24-27-10-4-2-5-11-27/h2-7,10-13,16-21,25-26,33-34,38,42H,8-9,14-15,22-24H2,1H3,(H,43,48)(H,44,49)/t33-,34-,38+/m0/s1. The molecule has 4 aromatic carbocycles. The third-order valence-electron chi connectivity index (χ3n) is 9.80. The lowest BCUT2D eigenvalue weighted by Crippen LogP contribution is -2.47. The van der Waals surface area contributed by atoms with Crippen molar-refractivity contribution in [3.8, 4) is 11.3 Å². The minimum atomic E-state index is -0.557. The van der Waals surface area contributed by atoms with Crippen LogP contribution in [-0.2, 0) is 25.6 Å². The van der Waals surface area contributed by atoms with Crippen molar-refractivity contribution in [2.24, 2.45) is 0 Å². The number of rotatable bonds is 10. The number of fused-ring (bicyclic) bond motifs is 1. The minimum Gasteiger partial charge on any atom is -0.456 e. The fourth-order valence-corrected chi connectivity index (χ4v) is 7.19. The van der Waals surface area contributed by atoms with E-state index in [0.717, 1.165) is 34.9 Å². The molecular weight excluding hydrogens is 642 g/mol. The lowest BCUT2D eigenvalue weighted by molar-refractivity contribution is -0.138. The van der Waals surface area contributed by atoms with Crippen LogP contribution < -0.4 is 16.0 Å². The predicted octanol–water partition coefficient (Wildman–Crippen LogP) is 6.16. The highest BCUT2D eigenvalue weighted by atomic mass is 16.3. The summed E-state index contributed by atoms with van der Waals surface area (Å²) in [5, 5.41) is 9.93. The molecule has 2 aliphatic rings. The third-order valence-corrected chi connectivity index (χ3v) is 9.80. The summed E-state index contributed by atoms with van der Waals surface area (Å²) in [7, 11) is 1.75. The number of furan rings is 1. The lowest BCUT2D eigenvalue weighted by Gasteiger charge is -2.28. The normalized spacial score (nSPS) is 17.7. The summed E-state index contributed by atoms with van der Waals surface area (Å²) in [4.78, 5) is 56.6. The van der Waals surface area contributed by atoms with Crippen LogP contribution in [0.25, 0.3) is 22.3 Å². The Hall–Kier alpha value is -5.74. The van der Waals surface area contributed by atoms with Gasteiger partial charge in [0.05, 0.1) is 6.42 Å². The molecule has 0 spiro atoms. The van der Waals surface area contributed by atoms with Gasteiger partial charge in [0.2, 0.25) is 23.6 Å². The van der Waals surface area contributed by atoms with Gasteiger partial charge in [-0.25, -0.2) is 0 Å². The van der Waals surface area contributed by atoms with Crippen LogP contribution in [-0.4, -0.2) is 65.6 Å². The number of nitrogens with one attached hydrogen (secondary N) is 3. The van der Waals surface area contributed by atoms with Gasteiger partial charge in [0, 0.05) is 35.4 Å². The van der Waals surface area contributed by atoms with E-state index < -0.39 is 18.1 Å². The molecule has 3 atom stereocenters. The van der Waals surface area contributed by atoms with E-state index in [1.807, 2.05) is 103 Å². The zero-order valence-electron chi connectivity index (χ0n) is 28.5. The molecule has 4 amide bonds. The van der Waals surface area contributed by atoms with Gasteiger partial charge in [-0.2, -0.15) is 0 Å². The average molecular weight is 684 g/mol. The Morgan fingerprint density at radius 3 is 2.02 bits per heavy atom. The topological polar surface area (TPSA) is 124 Å². The Morgan fingerprint density at radius 2 is 1.33 bits per heavy atom. The van der Waals surface area contributed by atoms with Crippen molar-refractivity contribution in [2.45, 2.75) is 50.2 Å². The minimum absolute atomic E-state index is 0.0427. The van der Waals surface area contributed by atoms with E-state index in [-0.39, 0.29) is 30.0 Å². The first kappa shape index (κ1) is 33.7. The van der Waals surface area contributed by atoms with Crippen molar-refractivity contribution >= 4 is 46.0 Å². The summed E-state index contributed by atoms with van der Waals surface area (Å²) in [5.41, 5.74) is 4.54. The molecule has 260 valence electrons. The molecule has 51 heavy (non-hydrogen) atoms. The second kappa shape index (κ2) is 15.0. The number of benzene rings is 4. The van der Waals surface area contributed by atoms with Crippen LogP contribution in [0.2, 0.25) is 0 Å². The van der Waals surface area contributed by atoms with E-state index >= 15 is 0 Å². The second-order valence-electron chi connectivity index (χ2n) is 13.1. The van der Waals surface area contributed by atoms with E-state index in [4.69, 9.17) is 4.42 Å². The molecule has 1 aromatic heterocycles. The van der Waals surface area contributed by atoms with Crippen LogP contribution in [0.3, 0.4) is 0 Å². The molecule has 2 saturated heterocycles. The number of hydrogen-bond acceptors (Lipinski definition) is 6. The van der Waals surface area contributed by atoms with E-state index in [0.29, 0.717) is 48.6 Å². The molecule has 0 bridgehead atoms. The predicted molar refractivity (Wildman–Crippen MR) is 197 cm³/mol. The van der Waals surface area contributed by atoms with Crippen molar-refractivity contribution in [3.05, 3.63) is 120 Å². The average Bonchev–Trinajstić information content (AvgIpc) is 3.93. The molecule has 10 heteroatoms. The molecule has 0 aliphatic carbocycles. The van der Waals surface area contributed by atoms with Crippen molar-refractivity contribution < 1.29 is 23.6 Å². The van der Waals surface area contributed by atoms with Crippen molar-refractivity contribution in [1.29, 1.82) is 0 Å². The number of amides is 4. The van der Waals surface area contributed by atoms with Gasteiger partial charge in [0.1, 0.15) is 29.5 Å². The second-order valence-corrected chi connectivity index (χ2v) is 13.1. The monoisotopic (exact) mass is 683 g/mol. The third kappa shape index (κ3) is 7.41. The maximum absolute atomic E-state index is 13.5. The number of likely N-dealkylation sites (tertiary alicyclic amines) is 2.